The standard InChI is InChI=1S/C20H23NO7/c1-11-15(19(22)25-4)17(13-6-5-7-14-18(13)28-10-27-14)16(12(2)21-11)20(23)26-9-8-24-3/h5-7,17,21H,8-10H2,1-4H3. The van der Waals surface area contributed by atoms with Crippen LogP contribution >= 0.6 is 0 Å². The highest BCUT2D eigenvalue weighted by atomic mass is 16.7. The molecule has 1 N–H and O–H groups in total. The largest absolute Gasteiger partial charge is 0.466 e. The Morgan fingerprint density at radius 1 is 1.07 bits per heavy atom. The molecule has 1 unspecified atom stereocenters. The smallest absolute Gasteiger partial charge is 0.336 e. The number of nitrogens with one attached hydrogen (secondary N) is 1. The van der Waals surface area contributed by atoms with E-state index in [0.717, 1.165) is 0 Å². The Morgan fingerprint density at radius 3 is 2.46 bits per heavy atom. The predicted octanol–water partition coefficient (Wildman–Crippen LogP) is 2.01. The Bertz CT molecular complexity index is 856. The molecule has 0 saturated carbocycles. The Labute approximate surface area is 163 Å². The first-order valence-corrected chi connectivity index (χ1v) is 8.81. The van der Waals surface area contributed by atoms with Crippen LogP contribution in [0.25, 0.3) is 0 Å². The van der Waals surface area contributed by atoms with Crippen LogP contribution in [0.3, 0.4) is 0 Å². The summed E-state index contributed by atoms with van der Waals surface area (Å²) in [5, 5.41) is 3.09. The van der Waals surface area contributed by atoms with Crippen molar-refractivity contribution in [2.45, 2.75) is 19.8 Å². The van der Waals surface area contributed by atoms with E-state index in [9.17, 15) is 9.59 Å². The van der Waals surface area contributed by atoms with E-state index < -0.39 is 17.9 Å². The normalized spacial score (nSPS) is 18.1. The van der Waals surface area contributed by atoms with Gasteiger partial charge in [-0.1, -0.05) is 12.1 Å². The third kappa shape index (κ3) is 3.55. The molecule has 0 bridgehead atoms. The second-order valence-electron chi connectivity index (χ2n) is 6.34. The van der Waals surface area contributed by atoms with E-state index in [0.29, 0.717) is 39.6 Å². The van der Waals surface area contributed by atoms with E-state index >= 15 is 0 Å². The van der Waals surface area contributed by atoms with Gasteiger partial charge in [0.2, 0.25) is 6.79 Å². The molecular formula is C20H23NO7. The fourth-order valence-corrected chi connectivity index (χ4v) is 3.43. The molecular weight excluding hydrogens is 366 g/mol. The van der Waals surface area contributed by atoms with Crippen molar-refractivity contribution < 1.29 is 33.3 Å². The number of rotatable bonds is 6. The number of carbonyl (C=O) groups is 2. The van der Waals surface area contributed by atoms with Crippen LogP contribution in [0.15, 0.2) is 40.7 Å². The molecule has 0 aliphatic carbocycles. The van der Waals surface area contributed by atoms with E-state index in [4.69, 9.17) is 23.7 Å². The lowest BCUT2D eigenvalue weighted by molar-refractivity contribution is -0.140. The molecule has 0 fully saturated rings. The van der Waals surface area contributed by atoms with Gasteiger partial charge < -0.3 is 29.0 Å². The molecule has 8 nitrogen and oxygen atoms in total. The average molecular weight is 389 g/mol. The summed E-state index contributed by atoms with van der Waals surface area (Å²) in [5.74, 6) is -0.750. The molecule has 0 aromatic heterocycles. The molecule has 2 aliphatic rings. The van der Waals surface area contributed by atoms with E-state index in [1.165, 1.54) is 14.2 Å². The number of hydrogen-bond donors (Lipinski definition) is 1. The summed E-state index contributed by atoms with van der Waals surface area (Å²) in [6.07, 6.45) is 0. The van der Waals surface area contributed by atoms with Crippen LogP contribution in [0.2, 0.25) is 0 Å². The van der Waals surface area contributed by atoms with Crippen LogP contribution in [0, 0.1) is 0 Å². The highest BCUT2D eigenvalue weighted by Crippen LogP contribution is 2.47. The van der Waals surface area contributed by atoms with Crippen molar-refractivity contribution in [2.24, 2.45) is 0 Å². The third-order valence-electron chi connectivity index (χ3n) is 4.64. The summed E-state index contributed by atoms with van der Waals surface area (Å²) in [6.45, 7) is 3.96. The van der Waals surface area contributed by atoms with Gasteiger partial charge in [-0.05, 0) is 19.9 Å². The number of para-hydroxylation sites is 1. The van der Waals surface area contributed by atoms with Gasteiger partial charge in [-0.25, -0.2) is 9.59 Å². The number of allylic oxidation sites excluding steroid dienone is 2. The van der Waals surface area contributed by atoms with Crippen molar-refractivity contribution in [3.63, 3.8) is 0 Å². The quantitative estimate of drug-likeness (QED) is 0.584. The van der Waals surface area contributed by atoms with Gasteiger partial charge >= 0.3 is 11.9 Å². The minimum atomic E-state index is -0.722. The minimum Gasteiger partial charge on any atom is -0.466 e. The number of fused-ring (bicyclic) bond motifs is 1. The van der Waals surface area contributed by atoms with Crippen LogP contribution in [-0.2, 0) is 23.8 Å². The van der Waals surface area contributed by atoms with Crippen LogP contribution in [0.4, 0.5) is 0 Å². The van der Waals surface area contributed by atoms with Crippen molar-refractivity contribution in [1.29, 1.82) is 0 Å². The van der Waals surface area contributed by atoms with Gasteiger partial charge in [0.15, 0.2) is 11.5 Å². The SMILES string of the molecule is COCCOC(=O)C1=C(C)NC(C)=C(C(=O)OC)C1c1cccc2c1OCO2. The zero-order chi connectivity index (χ0) is 20.3. The fourth-order valence-electron chi connectivity index (χ4n) is 3.43. The summed E-state index contributed by atoms with van der Waals surface area (Å²) in [7, 11) is 2.83. The van der Waals surface area contributed by atoms with Crippen molar-refractivity contribution in [2.75, 3.05) is 34.2 Å². The molecule has 150 valence electrons. The Balaban J connectivity index is 2.12. The van der Waals surface area contributed by atoms with Gasteiger partial charge in [-0.2, -0.15) is 0 Å². The van der Waals surface area contributed by atoms with Crippen molar-refractivity contribution in [3.05, 3.63) is 46.3 Å². The Morgan fingerprint density at radius 2 is 1.79 bits per heavy atom. The molecule has 2 aliphatic heterocycles. The third-order valence-corrected chi connectivity index (χ3v) is 4.64. The predicted molar refractivity (Wildman–Crippen MR) is 98.7 cm³/mol. The molecule has 28 heavy (non-hydrogen) atoms. The van der Waals surface area contributed by atoms with Crippen molar-refractivity contribution in [1.82, 2.24) is 5.32 Å². The van der Waals surface area contributed by atoms with Crippen molar-refractivity contribution >= 4 is 11.9 Å². The van der Waals surface area contributed by atoms with E-state index in [1.54, 1.807) is 32.0 Å². The average Bonchev–Trinajstić information content (AvgIpc) is 3.15. The molecule has 1 atom stereocenters. The Kier molecular flexibility index (Phi) is 5.89. The lowest BCUT2D eigenvalue weighted by Gasteiger charge is -2.30. The molecule has 0 spiro atoms. The number of ether oxygens (including phenoxy) is 5. The van der Waals surface area contributed by atoms with Gasteiger partial charge in [-0.15, -0.1) is 0 Å². The lowest BCUT2D eigenvalue weighted by Crippen LogP contribution is -2.32. The topological polar surface area (TPSA) is 92.3 Å². The number of benzene rings is 1. The molecule has 0 amide bonds. The first-order valence-electron chi connectivity index (χ1n) is 8.81. The Hall–Kier alpha value is -3.00. The van der Waals surface area contributed by atoms with E-state index in [-0.39, 0.29) is 20.0 Å². The van der Waals surface area contributed by atoms with Gasteiger partial charge in [0.1, 0.15) is 6.61 Å². The van der Waals surface area contributed by atoms with E-state index in [2.05, 4.69) is 5.32 Å². The van der Waals surface area contributed by atoms with Crippen LogP contribution in [0.5, 0.6) is 11.5 Å². The minimum absolute atomic E-state index is 0.0733. The van der Waals surface area contributed by atoms with Gasteiger partial charge in [0.25, 0.3) is 0 Å². The highest BCUT2D eigenvalue weighted by molar-refractivity contribution is 6.00. The molecule has 3 rings (SSSR count). The zero-order valence-electron chi connectivity index (χ0n) is 16.3. The molecule has 0 saturated heterocycles. The first kappa shape index (κ1) is 19.8. The second kappa shape index (κ2) is 8.35. The molecule has 2 heterocycles. The first-order chi connectivity index (χ1) is 13.5. The number of methoxy groups -OCH3 is 2. The zero-order valence-corrected chi connectivity index (χ0v) is 16.3. The molecule has 1 aromatic rings. The molecule has 1 aromatic carbocycles. The molecule has 8 heteroatoms. The number of carbonyl (C=O) groups excluding carboxylic acids is 2. The maximum absolute atomic E-state index is 12.9. The lowest BCUT2D eigenvalue weighted by atomic mass is 9.80. The number of esters is 2. The maximum Gasteiger partial charge on any atom is 0.336 e. The summed E-state index contributed by atoms with van der Waals surface area (Å²) < 4.78 is 26.4. The monoisotopic (exact) mass is 389 g/mol. The van der Waals surface area contributed by atoms with Gasteiger partial charge in [0.05, 0.1) is 30.8 Å². The van der Waals surface area contributed by atoms with E-state index in [1.807, 2.05) is 0 Å². The fraction of sp³-hybridized carbons (Fsp3) is 0.400. The summed E-state index contributed by atoms with van der Waals surface area (Å²) >= 11 is 0. The number of hydrogen-bond acceptors (Lipinski definition) is 8. The molecule has 0 radical (unpaired) electrons. The summed E-state index contributed by atoms with van der Waals surface area (Å²) in [4.78, 5) is 25.5. The van der Waals surface area contributed by atoms with Crippen molar-refractivity contribution in [3.8, 4) is 11.5 Å². The number of dihydropyridines is 1. The second-order valence-corrected chi connectivity index (χ2v) is 6.34. The summed E-state index contributed by atoms with van der Waals surface area (Å²) in [6, 6.07) is 5.36. The highest BCUT2D eigenvalue weighted by Gasteiger charge is 2.40. The summed E-state index contributed by atoms with van der Waals surface area (Å²) in [5.41, 5.74) is 2.45. The van der Waals surface area contributed by atoms with Crippen LogP contribution < -0.4 is 14.8 Å². The van der Waals surface area contributed by atoms with Gasteiger partial charge in [0, 0.05) is 24.1 Å². The van der Waals surface area contributed by atoms with Crippen LogP contribution in [0.1, 0.15) is 25.3 Å². The maximum atomic E-state index is 12.9. The van der Waals surface area contributed by atoms with Gasteiger partial charge in [-0.3, -0.25) is 0 Å². The van der Waals surface area contributed by atoms with Crippen LogP contribution in [-0.4, -0.2) is 46.2 Å².